The van der Waals surface area contributed by atoms with Gasteiger partial charge >= 0.3 is 0 Å². The number of hydrogen-bond acceptors (Lipinski definition) is 6. The van der Waals surface area contributed by atoms with Gasteiger partial charge in [0.15, 0.2) is 17.7 Å². The van der Waals surface area contributed by atoms with E-state index in [1.54, 1.807) is 0 Å². The average Bonchev–Trinajstić information content (AvgIpc) is 2.92. The summed E-state index contributed by atoms with van der Waals surface area (Å²) in [6.07, 6.45) is 0.153. The van der Waals surface area contributed by atoms with E-state index in [-0.39, 0.29) is 24.4 Å². The molecule has 3 aliphatic heterocycles. The summed E-state index contributed by atoms with van der Waals surface area (Å²) in [4.78, 5) is 0. The number of nitrogens with zero attached hydrogens (tertiary/aromatic N) is 1. The molecule has 0 amide bonds. The minimum Gasteiger partial charge on any atom is -0.485 e. The summed E-state index contributed by atoms with van der Waals surface area (Å²) in [5.41, 5.74) is 0. The molecule has 3 aliphatic rings. The molecule has 0 aliphatic carbocycles. The maximum Gasteiger partial charge on any atom is 0.164 e. The average molecular weight is 281 g/mol. The Balaban J connectivity index is 1.83. The molecule has 3 heterocycles. The third-order valence-corrected chi connectivity index (χ3v) is 3.61. The van der Waals surface area contributed by atoms with Crippen LogP contribution in [-0.4, -0.2) is 42.6 Å². The van der Waals surface area contributed by atoms with Crippen LogP contribution >= 0.6 is 0 Å². The third kappa shape index (κ3) is 2.31. The molecule has 0 saturated carbocycles. The van der Waals surface area contributed by atoms with Gasteiger partial charge in [-0.25, -0.2) is 0 Å². The van der Waals surface area contributed by atoms with Gasteiger partial charge in [0.05, 0.1) is 18.8 Å². The van der Waals surface area contributed by atoms with Crippen LogP contribution in [0.2, 0.25) is 0 Å². The van der Waals surface area contributed by atoms with Crippen molar-refractivity contribution < 1.29 is 23.7 Å². The van der Waals surface area contributed by atoms with Gasteiger partial charge in [-0.15, -0.1) is 0 Å². The molecule has 0 bridgehead atoms. The Morgan fingerprint density at radius 1 is 1.10 bits per heavy atom. The summed E-state index contributed by atoms with van der Waals surface area (Å²) >= 11 is 0. The Morgan fingerprint density at radius 2 is 1.85 bits per heavy atom. The van der Waals surface area contributed by atoms with Gasteiger partial charge in [-0.1, -0.05) is 0 Å². The summed E-state index contributed by atoms with van der Waals surface area (Å²) in [5.74, 6) is -0.817. The van der Waals surface area contributed by atoms with E-state index < -0.39 is 11.6 Å². The molecule has 3 fully saturated rings. The molecule has 110 valence electrons. The SMILES string of the molecule is CC1(C)OC[C@H]([C@@H]2O/C(=C\C#N)[C@@H]3OC(C)(C)O[C@H]23)O1. The fourth-order valence-electron chi connectivity index (χ4n) is 2.89. The quantitative estimate of drug-likeness (QED) is 0.678. The highest BCUT2D eigenvalue weighted by molar-refractivity contribution is 5.21. The summed E-state index contributed by atoms with van der Waals surface area (Å²) in [5, 5.41) is 8.85. The smallest absolute Gasteiger partial charge is 0.164 e. The van der Waals surface area contributed by atoms with Crippen LogP contribution in [0.25, 0.3) is 0 Å². The van der Waals surface area contributed by atoms with E-state index in [0.717, 1.165) is 0 Å². The van der Waals surface area contributed by atoms with Gasteiger partial charge in [0.2, 0.25) is 0 Å². The molecule has 0 N–H and O–H groups in total. The zero-order chi connectivity index (χ0) is 14.5. The number of rotatable bonds is 1. The van der Waals surface area contributed by atoms with Crippen molar-refractivity contribution >= 4 is 0 Å². The highest BCUT2D eigenvalue weighted by atomic mass is 16.8. The molecule has 0 unspecified atom stereocenters. The van der Waals surface area contributed by atoms with Gasteiger partial charge < -0.3 is 23.7 Å². The lowest BCUT2D eigenvalue weighted by Gasteiger charge is -2.25. The third-order valence-electron chi connectivity index (χ3n) is 3.61. The van der Waals surface area contributed by atoms with Gasteiger partial charge in [-0.2, -0.15) is 5.26 Å². The van der Waals surface area contributed by atoms with E-state index in [1.165, 1.54) is 6.08 Å². The maximum absolute atomic E-state index is 8.85. The highest BCUT2D eigenvalue weighted by Crippen LogP contribution is 2.43. The van der Waals surface area contributed by atoms with E-state index in [2.05, 4.69) is 0 Å². The second kappa shape index (κ2) is 4.43. The Bertz CT molecular complexity index is 478. The summed E-state index contributed by atoms with van der Waals surface area (Å²) in [6, 6.07) is 1.98. The molecular weight excluding hydrogens is 262 g/mol. The Morgan fingerprint density at radius 3 is 2.45 bits per heavy atom. The predicted molar refractivity (Wildman–Crippen MR) is 67.3 cm³/mol. The van der Waals surface area contributed by atoms with Crippen molar-refractivity contribution in [3.63, 3.8) is 0 Å². The zero-order valence-corrected chi connectivity index (χ0v) is 12.1. The van der Waals surface area contributed by atoms with Crippen molar-refractivity contribution in [2.75, 3.05) is 6.61 Å². The molecule has 20 heavy (non-hydrogen) atoms. The number of allylic oxidation sites excluding steroid dienone is 1. The van der Waals surface area contributed by atoms with Crippen LogP contribution in [0, 0.1) is 11.3 Å². The molecule has 0 aromatic carbocycles. The first kappa shape index (κ1) is 13.8. The molecule has 6 heteroatoms. The van der Waals surface area contributed by atoms with Crippen LogP contribution in [0.15, 0.2) is 11.8 Å². The van der Waals surface area contributed by atoms with Crippen molar-refractivity contribution in [3.8, 4) is 6.07 Å². The van der Waals surface area contributed by atoms with Gasteiger partial charge in [0, 0.05) is 0 Å². The molecule has 0 radical (unpaired) electrons. The summed E-state index contributed by atoms with van der Waals surface area (Å²) in [6.45, 7) is 7.86. The minimum absolute atomic E-state index is 0.236. The fourth-order valence-corrected chi connectivity index (χ4v) is 2.89. The summed E-state index contributed by atoms with van der Waals surface area (Å²) < 4.78 is 29.0. The van der Waals surface area contributed by atoms with Crippen molar-refractivity contribution in [1.82, 2.24) is 0 Å². The predicted octanol–water partition coefficient (Wildman–Crippen LogP) is 1.46. The van der Waals surface area contributed by atoms with E-state index >= 15 is 0 Å². The second-order valence-corrected chi connectivity index (χ2v) is 6.15. The lowest BCUT2D eigenvalue weighted by Crippen LogP contribution is -2.40. The molecule has 3 saturated heterocycles. The zero-order valence-electron chi connectivity index (χ0n) is 12.1. The lowest BCUT2D eigenvalue weighted by molar-refractivity contribution is -0.187. The number of ether oxygens (including phenoxy) is 5. The van der Waals surface area contributed by atoms with Crippen LogP contribution in [0.4, 0.5) is 0 Å². The molecule has 4 atom stereocenters. The first-order valence-corrected chi connectivity index (χ1v) is 6.75. The van der Waals surface area contributed by atoms with E-state index in [4.69, 9.17) is 28.9 Å². The van der Waals surface area contributed by atoms with Crippen molar-refractivity contribution in [2.24, 2.45) is 0 Å². The fraction of sp³-hybridized carbons (Fsp3) is 0.786. The van der Waals surface area contributed by atoms with E-state index in [0.29, 0.717) is 12.4 Å². The van der Waals surface area contributed by atoms with Gasteiger partial charge in [0.25, 0.3) is 0 Å². The van der Waals surface area contributed by atoms with Gasteiger partial charge in [-0.3, -0.25) is 0 Å². The van der Waals surface area contributed by atoms with Crippen LogP contribution in [-0.2, 0) is 23.7 Å². The van der Waals surface area contributed by atoms with Crippen LogP contribution in [0.5, 0.6) is 0 Å². The monoisotopic (exact) mass is 281 g/mol. The first-order valence-electron chi connectivity index (χ1n) is 6.75. The number of hydrogen-bond donors (Lipinski definition) is 0. The molecule has 3 rings (SSSR count). The van der Waals surface area contributed by atoms with Gasteiger partial charge in [-0.05, 0) is 27.7 Å². The molecule has 6 nitrogen and oxygen atoms in total. The van der Waals surface area contributed by atoms with Gasteiger partial charge in [0.1, 0.15) is 24.1 Å². The Kier molecular flexibility index (Phi) is 3.07. The normalized spacial score (nSPS) is 43.2. The van der Waals surface area contributed by atoms with Crippen LogP contribution in [0.3, 0.4) is 0 Å². The molecule has 0 spiro atoms. The van der Waals surface area contributed by atoms with Crippen LogP contribution in [0.1, 0.15) is 27.7 Å². The highest BCUT2D eigenvalue weighted by Gasteiger charge is 2.57. The minimum atomic E-state index is -0.694. The molecular formula is C14H19NO5. The van der Waals surface area contributed by atoms with Crippen LogP contribution < -0.4 is 0 Å². The summed E-state index contributed by atoms with van der Waals surface area (Å²) in [7, 11) is 0. The van der Waals surface area contributed by atoms with E-state index in [1.807, 2.05) is 33.8 Å². The number of nitriles is 1. The maximum atomic E-state index is 8.85. The standard InChI is InChI=1S/C14H19NO5/c1-13(2)16-7-9(18-13)10-12-11(8(17-10)5-6-15)19-14(3,4)20-12/h5,9-12H,7H2,1-4H3/b8-5-/t9-,10+,11+,12-/m1/s1. The van der Waals surface area contributed by atoms with Crippen molar-refractivity contribution in [1.29, 1.82) is 5.26 Å². The van der Waals surface area contributed by atoms with Crippen molar-refractivity contribution in [2.45, 2.75) is 63.7 Å². The number of fused-ring (bicyclic) bond motifs is 1. The Hall–Kier alpha value is -1.13. The van der Waals surface area contributed by atoms with Crippen molar-refractivity contribution in [3.05, 3.63) is 11.8 Å². The topological polar surface area (TPSA) is 69.9 Å². The molecule has 0 aromatic rings. The Labute approximate surface area is 118 Å². The van der Waals surface area contributed by atoms with E-state index in [9.17, 15) is 0 Å². The molecule has 0 aromatic heterocycles. The largest absolute Gasteiger partial charge is 0.485 e. The second-order valence-electron chi connectivity index (χ2n) is 6.15. The first-order chi connectivity index (χ1) is 9.31. The lowest BCUT2D eigenvalue weighted by atomic mass is 10.1.